The van der Waals surface area contributed by atoms with Gasteiger partial charge in [0.05, 0.1) is 4.43 Å². The van der Waals surface area contributed by atoms with E-state index in [1.807, 2.05) is 0 Å². The molecule has 0 aliphatic rings. The molecule has 0 aliphatic carbocycles. The van der Waals surface area contributed by atoms with Gasteiger partial charge in [-0.1, -0.05) is 6.07 Å². The second kappa shape index (κ2) is 4.14. The van der Waals surface area contributed by atoms with Crippen molar-refractivity contribution in [1.29, 1.82) is 0 Å². The molecule has 0 radical (unpaired) electrons. The average Bonchev–Trinajstić information content (AvgIpc) is 2.32. The number of fused-ring (bicyclic) bond motifs is 1. The van der Waals surface area contributed by atoms with E-state index in [1.165, 1.54) is 6.92 Å². The van der Waals surface area contributed by atoms with Crippen molar-refractivity contribution in [1.82, 2.24) is 4.73 Å². The molecule has 0 saturated heterocycles. The van der Waals surface area contributed by atoms with Gasteiger partial charge >= 0.3 is 5.52 Å². The first-order valence-corrected chi connectivity index (χ1v) is 5.48. The lowest BCUT2D eigenvalue weighted by atomic mass is 10.2. The Labute approximate surface area is 103 Å². The van der Waals surface area contributed by atoms with Crippen LogP contribution in [0.4, 0.5) is 5.69 Å². The minimum atomic E-state index is -0.273. The van der Waals surface area contributed by atoms with E-state index in [4.69, 9.17) is 0 Å². The van der Waals surface area contributed by atoms with Crippen molar-refractivity contribution in [3.63, 3.8) is 0 Å². The number of hydrogen-bond acceptors (Lipinski definition) is 3. The van der Waals surface area contributed by atoms with Crippen molar-refractivity contribution < 1.29 is 14.4 Å². The number of anilines is 1. The molecule has 2 rings (SSSR count). The van der Waals surface area contributed by atoms with Crippen LogP contribution in [-0.4, -0.2) is 15.8 Å². The minimum absolute atomic E-state index is 0.235. The second-order valence-electron chi connectivity index (χ2n) is 4.13. The number of para-hydroxylation sites is 1. The molecule has 6 nitrogen and oxygen atoms in total. The van der Waals surface area contributed by atoms with Crippen LogP contribution >= 0.6 is 0 Å². The highest BCUT2D eigenvalue weighted by Gasteiger charge is 2.22. The van der Waals surface area contributed by atoms with Crippen LogP contribution < -0.4 is 9.74 Å². The van der Waals surface area contributed by atoms with Crippen LogP contribution in [0.5, 0.6) is 0 Å². The monoisotopic (exact) mass is 248 g/mol. The van der Waals surface area contributed by atoms with Crippen LogP contribution in [0, 0.1) is 18.8 Å². The standard InChI is InChI=1S/C12H13N3O3/c1-7-8(2)15(18)12-10(13-9(3)16)5-4-6-11(12)14(7)17/h4-6,17H,1-3H3/p+1. The summed E-state index contributed by atoms with van der Waals surface area (Å²) in [6, 6.07) is 4.89. The third-order valence-electron chi connectivity index (χ3n) is 2.90. The van der Waals surface area contributed by atoms with Gasteiger partial charge in [-0.3, -0.25) is 4.79 Å². The highest BCUT2D eigenvalue weighted by Crippen LogP contribution is 2.20. The van der Waals surface area contributed by atoms with Crippen LogP contribution in [-0.2, 0) is 4.79 Å². The molecular weight excluding hydrogens is 234 g/mol. The molecule has 18 heavy (non-hydrogen) atoms. The third-order valence-corrected chi connectivity index (χ3v) is 2.90. The molecule has 2 N–H and O–H groups in total. The molecule has 0 aliphatic heterocycles. The fourth-order valence-corrected chi connectivity index (χ4v) is 1.85. The molecule has 0 spiro atoms. The first-order chi connectivity index (χ1) is 8.43. The number of nitrogens with zero attached hydrogens (tertiary/aromatic N) is 2. The normalized spacial score (nSPS) is 10.6. The van der Waals surface area contributed by atoms with Gasteiger partial charge < -0.3 is 10.5 Å². The summed E-state index contributed by atoms with van der Waals surface area (Å²) in [5, 5.41) is 12.6. The molecular formula is C12H14N3O3+. The fraction of sp³-hybridized carbons (Fsp3) is 0.250. The summed E-state index contributed by atoms with van der Waals surface area (Å²) in [4.78, 5) is 23.3. The minimum Gasteiger partial charge on any atom is -0.428 e. The molecule has 0 fully saturated rings. The topological polar surface area (TPSA) is 77.2 Å². The Morgan fingerprint density at radius 1 is 1.39 bits per heavy atom. The quantitative estimate of drug-likeness (QED) is 0.591. The maximum Gasteiger partial charge on any atom is 0.313 e. The number of carbonyl (C=O) groups excluding carboxylic acids is 1. The predicted octanol–water partition coefficient (Wildman–Crippen LogP) is 1.37. The fourth-order valence-electron chi connectivity index (χ4n) is 1.85. The summed E-state index contributed by atoms with van der Waals surface area (Å²) in [6.45, 7) is 4.62. The number of rotatable bonds is 1. The number of amides is 1. The van der Waals surface area contributed by atoms with Gasteiger partial charge in [0, 0.05) is 18.8 Å². The number of carbonyl (C=O) groups is 1. The van der Waals surface area contributed by atoms with Crippen molar-refractivity contribution in [3.05, 3.63) is 34.5 Å². The molecule has 1 heterocycles. The van der Waals surface area contributed by atoms with Crippen LogP contribution in [0.2, 0.25) is 0 Å². The van der Waals surface area contributed by atoms with E-state index in [0.717, 1.165) is 4.73 Å². The molecule has 1 aromatic heterocycles. The summed E-state index contributed by atoms with van der Waals surface area (Å²) in [6.07, 6.45) is 0. The summed E-state index contributed by atoms with van der Waals surface area (Å²) in [5.74, 6) is -0.273. The molecule has 6 heteroatoms. The maximum absolute atomic E-state index is 12.1. The molecule has 0 bridgehead atoms. The van der Waals surface area contributed by atoms with Crippen LogP contribution in [0.3, 0.4) is 0 Å². The summed E-state index contributed by atoms with van der Waals surface area (Å²) in [5.41, 5.74) is 1.79. The molecule has 94 valence electrons. The van der Waals surface area contributed by atoms with E-state index in [0.29, 0.717) is 27.0 Å². The number of benzene rings is 1. The summed E-state index contributed by atoms with van der Waals surface area (Å²) >= 11 is 0. The number of aromatic nitrogens is 2. The first-order valence-electron chi connectivity index (χ1n) is 5.48. The SMILES string of the molecule is CC(=O)Nc1cccc2c1[n+](=O)c(C)c(C)n2O. The smallest absolute Gasteiger partial charge is 0.313 e. The predicted molar refractivity (Wildman–Crippen MR) is 66.3 cm³/mol. The van der Waals surface area contributed by atoms with E-state index in [2.05, 4.69) is 5.32 Å². The molecule has 1 amide bonds. The van der Waals surface area contributed by atoms with Gasteiger partial charge in [-0.2, -0.15) is 4.73 Å². The summed E-state index contributed by atoms with van der Waals surface area (Å²) < 4.78 is 1.66. The van der Waals surface area contributed by atoms with Gasteiger partial charge in [0.25, 0.3) is 5.69 Å². The second-order valence-corrected chi connectivity index (χ2v) is 4.13. The Bertz CT molecular complexity index is 704. The van der Waals surface area contributed by atoms with Crippen LogP contribution in [0.15, 0.2) is 18.2 Å². The van der Waals surface area contributed by atoms with Crippen molar-refractivity contribution in [2.75, 3.05) is 5.32 Å². The Morgan fingerprint density at radius 3 is 2.67 bits per heavy atom. The number of nitrogens with one attached hydrogen (secondary N) is 1. The lowest BCUT2D eigenvalue weighted by Crippen LogP contribution is -2.26. The largest absolute Gasteiger partial charge is 0.428 e. The van der Waals surface area contributed by atoms with Crippen LogP contribution in [0.25, 0.3) is 11.0 Å². The van der Waals surface area contributed by atoms with Crippen molar-refractivity contribution >= 4 is 22.6 Å². The van der Waals surface area contributed by atoms with Gasteiger partial charge in [-0.25, -0.2) is 0 Å². The van der Waals surface area contributed by atoms with Gasteiger partial charge in [0.15, 0.2) is 5.52 Å². The zero-order valence-electron chi connectivity index (χ0n) is 10.4. The van der Waals surface area contributed by atoms with E-state index in [-0.39, 0.29) is 11.4 Å². The lowest BCUT2D eigenvalue weighted by molar-refractivity contribution is -0.473. The highest BCUT2D eigenvalue weighted by atomic mass is 16.5. The Morgan fingerprint density at radius 2 is 2.06 bits per heavy atom. The Balaban J connectivity index is 2.93. The van der Waals surface area contributed by atoms with Crippen molar-refractivity contribution in [2.24, 2.45) is 0 Å². The van der Waals surface area contributed by atoms with E-state index in [1.54, 1.807) is 32.0 Å². The zero-order valence-corrected chi connectivity index (χ0v) is 10.4. The maximum atomic E-state index is 12.1. The molecule has 0 saturated carbocycles. The van der Waals surface area contributed by atoms with Gasteiger partial charge in [-0.05, 0) is 19.1 Å². The van der Waals surface area contributed by atoms with Gasteiger partial charge in [0.2, 0.25) is 5.91 Å². The summed E-state index contributed by atoms with van der Waals surface area (Å²) in [7, 11) is 0. The van der Waals surface area contributed by atoms with Gasteiger partial charge in [-0.15, -0.1) is 0 Å². The Kier molecular flexibility index (Phi) is 2.78. The molecule has 1 aromatic carbocycles. The Hall–Kier alpha value is -2.37. The van der Waals surface area contributed by atoms with E-state index >= 15 is 0 Å². The molecule has 0 unspecified atom stereocenters. The van der Waals surface area contributed by atoms with Crippen molar-refractivity contribution in [2.45, 2.75) is 20.8 Å². The number of hydrogen-bond donors (Lipinski definition) is 2. The highest BCUT2D eigenvalue weighted by molar-refractivity contribution is 5.97. The van der Waals surface area contributed by atoms with Gasteiger partial charge in [0.1, 0.15) is 11.4 Å². The van der Waals surface area contributed by atoms with E-state index < -0.39 is 0 Å². The van der Waals surface area contributed by atoms with Crippen molar-refractivity contribution in [3.8, 4) is 0 Å². The molecule has 0 atom stereocenters. The lowest BCUT2D eigenvalue weighted by Gasteiger charge is -2.07. The zero-order chi connectivity index (χ0) is 13.4. The third kappa shape index (κ3) is 1.71. The van der Waals surface area contributed by atoms with E-state index in [9.17, 15) is 14.9 Å². The first kappa shape index (κ1) is 12.1. The van der Waals surface area contributed by atoms with Crippen LogP contribution in [0.1, 0.15) is 18.3 Å². The average molecular weight is 248 g/mol. The molecule has 2 aromatic rings.